The van der Waals surface area contributed by atoms with Crippen LogP contribution in [0.2, 0.25) is 0 Å². The molecule has 0 N–H and O–H groups in total. The fraction of sp³-hybridized carbons (Fsp3) is 0.750. The molecule has 0 heterocycles. The first-order valence-electron chi connectivity index (χ1n) is 3.54. The van der Waals surface area contributed by atoms with E-state index in [2.05, 4.69) is 19.1 Å². The van der Waals surface area contributed by atoms with Gasteiger partial charge in [-0.15, -0.1) is 0 Å². The van der Waals surface area contributed by atoms with E-state index in [1.807, 2.05) is 0 Å². The highest BCUT2D eigenvalue weighted by atomic mass is 14.4. The second kappa shape index (κ2) is 1.37. The van der Waals surface area contributed by atoms with Crippen molar-refractivity contribution in [2.45, 2.75) is 19.8 Å². The Morgan fingerprint density at radius 3 is 2.38 bits per heavy atom. The van der Waals surface area contributed by atoms with Gasteiger partial charge in [0.15, 0.2) is 0 Å². The smallest absolute Gasteiger partial charge is 0.0202 e. The lowest BCUT2D eigenvalue weighted by Crippen LogP contribution is -1.99. The Kier molecular flexibility index (Phi) is 0.787. The standard InChI is InChI=1S/C8H12/c1-6-4-7-2-3-8(6)5-7/h2-3,6-8H,4-5H2,1H3/t6-,7?,8?/m1/s1. The molecule has 2 aliphatic carbocycles. The molecule has 0 aromatic rings. The summed E-state index contributed by atoms with van der Waals surface area (Å²) in [5.41, 5.74) is 0. The number of fused-ring (bicyclic) bond motifs is 2. The summed E-state index contributed by atoms with van der Waals surface area (Å²) in [5, 5.41) is 0. The van der Waals surface area contributed by atoms with Crippen molar-refractivity contribution in [3.63, 3.8) is 0 Å². The average molecular weight is 108 g/mol. The predicted octanol–water partition coefficient (Wildman–Crippen LogP) is 2.22. The van der Waals surface area contributed by atoms with Crippen molar-refractivity contribution in [1.82, 2.24) is 0 Å². The summed E-state index contributed by atoms with van der Waals surface area (Å²) in [6.45, 7) is 2.37. The SMILES string of the molecule is C[C@@H]1CC2C=CC1C2. The molecule has 0 nitrogen and oxygen atoms in total. The maximum Gasteiger partial charge on any atom is -0.0202 e. The topological polar surface area (TPSA) is 0 Å². The maximum absolute atomic E-state index is 2.40. The van der Waals surface area contributed by atoms with Gasteiger partial charge in [-0.05, 0) is 30.6 Å². The lowest BCUT2D eigenvalue weighted by atomic mass is 9.96. The normalized spacial score (nSPS) is 50.9. The number of hydrogen-bond donors (Lipinski definition) is 0. The molecule has 2 aliphatic rings. The highest BCUT2D eigenvalue weighted by Crippen LogP contribution is 2.42. The van der Waals surface area contributed by atoms with Crippen LogP contribution in [-0.2, 0) is 0 Å². The minimum atomic E-state index is 0.958. The zero-order valence-electron chi connectivity index (χ0n) is 5.30. The zero-order valence-corrected chi connectivity index (χ0v) is 5.30. The average Bonchev–Trinajstić information content (AvgIpc) is 2.23. The van der Waals surface area contributed by atoms with Crippen LogP contribution in [0.3, 0.4) is 0 Å². The quantitative estimate of drug-likeness (QED) is 0.417. The van der Waals surface area contributed by atoms with Crippen molar-refractivity contribution >= 4 is 0 Å². The van der Waals surface area contributed by atoms with Crippen LogP contribution in [-0.4, -0.2) is 0 Å². The first-order valence-corrected chi connectivity index (χ1v) is 3.54. The molecule has 8 heavy (non-hydrogen) atoms. The van der Waals surface area contributed by atoms with Gasteiger partial charge < -0.3 is 0 Å². The Bertz CT molecular complexity index is 124. The van der Waals surface area contributed by atoms with Gasteiger partial charge in [-0.3, -0.25) is 0 Å². The Balaban J connectivity index is 2.23. The summed E-state index contributed by atoms with van der Waals surface area (Å²) in [6.07, 6.45) is 7.71. The number of rotatable bonds is 0. The summed E-state index contributed by atoms with van der Waals surface area (Å²) in [5.74, 6) is 2.92. The molecule has 0 saturated heterocycles. The van der Waals surface area contributed by atoms with Crippen molar-refractivity contribution in [1.29, 1.82) is 0 Å². The second-order valence-electron chi connectivity index (χ2n) is 3.26. The van der Waals surface area contributed by atoms with Crippen LogP contribution in [0.15, 0.2) is 12.2 Å². The van der Waals surface area contributed by atoms with Crippen LogP contribution in [0.1, 0.15) is 19.8 Å². The van der Waals surface area contributed by atoms with Gasteiger partial charge in [0.25, 0.3) is 0 Å². The molecule has 0 amide bonds. The molecule has 44 valence electrons. The van der Waals surface area contributed by atoms with E-state index in [0.717, 1.165) is 17.8 Å². The molecule has 0 aliphatic heterocycles. The van der Waals surface area contributed by atoms with E-state index in [1.54, 1.807) is 0 Å². The molecule has 0 aromatic carbocycles. The van der Waals surface area contributed by atoms with E-state index >= 15 is 0 Å². The zero-order chi connectivity index (χ0) is 5.56. The fourth-order valence-electron chi connectivity index (χ4n) is 2.06. The summed E-state index contributed by atoms with van der Waals surface area (Å²) in [7, 11) is 0. The Morgan fingerprint density at radius 2 is 2.12 bits per heavy atom. The van der Waals surface area contributed by atoms with Crippen LogP contribution in [0.4, 0.5) is 0 Å². The Labute approximate surface area is 50.6 Å². The third-order valence-electron chi connectivity index (χ3n) is 2.61. The van der Waals surface area contributed by atoms with E-state index in [0.29, 0.717) is 0 Å². The van der Waals surface area contributed by atoms with Crippen LogP contribution in [0.25, 0.3) is 0 Å². The number of allylic oxidation sites excluding steroid dienone is 2. The van der Waals surface area contributed by atoms with Crippen molar-refractivity contribution < 1.29 is 0 Å². The Hall–Kier alpha value is -0.260. The molecule has 3 atom stereocenters. The monoisotopic (exact) mass is 108 g/mol. The first kappa shape index (κ1) is 4.60. The third-order valence-corrected chi connectivity index (χ3v) is 2.61. The molecule has 1 saturated carbocycles. The van der Waals surface area contributed by atoms with Gasteiger partial charge in [-0.2, -0.15) is 0 Å². The molecule has 0 heteroatoms. The summed E-state index contributed by atoms with van der Waals surface area (Å²) >= 11 is 0. The molecule has 2 bridgehead atoms. The molecule has 0 spiro atoms. The molecule has 2 unspecified atom stereocenters. The lowest BCUT2D eigenvalue weighted by Gasteiger charge is -2.09. The third kappa shape index (κ3) is 0.460. The molecule has 0 aromatic heterocycles. The summed E-state index contributed by atoms with van der Waals surface area (Å²) in [4.78, 5) is 0. The first-order chi connectivity index (χ1) is 3.86. The largest absolute Gasteiger partial charge is 0.0851 e. The molecule has 2 rings (SSSR count). The van der Waals surface area contributed by atoms with Crippen LogP contribution < -0.4 is 0 Å². The van der Waals surface area contributed by atoms with Crippen LogP contribution >= 0.6 is 0 Å². The second-order valence-corrected chi connectivity index (χ2v) is 3.26. The molecular weight excluding hydrogens is 96.1 g/mol. The minimum absolute atomic E-state index is 0.958. The Morgan fingerprint density at radius 1 is 1.25 bits per heavy atom. The van der Waals surface area contributed by atoms with Crippen molar-refractivity contribution in [3.8, 4) is 0 Å². The molecule has 1 fully saturated rings. The van der Waals surface area contributed by atoms with Gasteiger partial charge in [0.05, 0.1) is 0 Å². The van der Waals surface area contributed by atoms with E-state index in [-0.39, 0.29) is 0 Å². The minimum Gasteiger partial charge on any atom is -0.0851 e. The van der Waals surface area contributed by atoms with E-state index < -0.39 is 0 Å². The van der Waals surface area contributed by atoms with Crippen LogP contribution in [0, 0.1) is 17.8 Å². The van der Waals surface area contributed by atoms with Crippen LogP contribution in [0.5, 0.6) is 0 Å². The van der Waals surface area contributed by atoms with Gasteiger partial charge in [0, 0.05) is 0 Å². The summed E-state index contributed by atoms with van der Waals surface area (Å²) < 4.78 is 0. The maximum atomic E-state index is 2.40. The molecule has 0 radical (unpaired) electrons. The van der Waals surface area contributed by atoms with Crippen molar-refractivity contribution in [2.75, 3.05) is 0 Å². The van der Waals surface area contributed by atoms with Gasteiger partial charge in [0.1, 0.15) is 0 Å². The predicted molar refractivity (Wildman–Crippen MR) is 34.5 cm³/mol. The van der Waals surface area contributed by atoms with E-state index in [1.165, 1.54) is 12.8 Å². The van der Waals surface area contributed by atoms with Crippen molar-refractivity contribution in [2.24, 2.45) is 17.8 Å². The van der Waals surface area contributed by atoms with Gasteiger partial charge >= 0.3 is 0 Å². The van der Waals surface area contributed by atoms with E-state index in [9.17, 15) is 0 Å². The van der Waals surface area contributed by atoms with Crippen molar-refractivity contribution in [3.05, 3.63) is 12.2 Å². The highest BCUT2D eigenvalue weighted by Gasteiger charge is 2.32. The molecular formula is C8H12. The summed E-state index contributed by atoms with van der Waals surface area (Å²) in [6, 6.07) is 0. The van der Waals surface area contributed by atoms with Gasteiger partial charge in [-0.25, -0.2) is 0 Å². The van der Waals surface area contributed by atoms with Gasteiger partial charge in [-0.1, -0.05) is 19.1 Å². The highest BCUT2D eigenvalue weighted by molar-refractivity contribution is 5.08. The van der Waals surface area contributed by atoms with E-state index in [4.69, 9.17) is 0 Å². The van der Waals surface area contributed by atoms with Gasteiger partial charge in [0.2, 0.25) is 0 Å². The fourth-order valence-corrected chi connectivity index (χ4v) is 2.06. The number of hydrogen-bond acceptors (Lipinski definition) is 0. The lowest BCUT2D eigenvalue weighted by molar-refractivity contribution is 0.493.